The van der Waals surface area contributed by atoms with Crippen LogP contribution in [0.15, 0.2) is 42.5 Å². The molecule has 0 bridgehead atoms. The summed E-state index contributed by atoms with van der Waals surface area (Å²) >= 11 is 0. The Morgan fingerprint density at radius 2 is 1.77 bits per heavy atom. The second kappa shape index (κ2) is 5.68. The highest BCUT2D eigenvalue weighted by Gasteiger charge is 2.23. The van der Waals surface area contributed by atoms with Crippen LogP contribution in [-0.2, 0) is 6.42 Å². The van der Waals surface area contributed by atoms with Crippen LogP contribution in [0.3, 0.4) is 0 Å². The van der Waals surface area contributed by atoms with Crippen LogP contribution in [0.25, 0.3) is 0 Å². The van der Waals surface area contributed by atoms with Crippen LogP contribution < -0.4 is 4.74 Å². The number of fused-ring (bicyclic) bond motifs is 1. The Hall–Kier alpha value is -1.96. The molecule has 0 radical (unpaired) electrons. The van der Waals surface area contributed by atoms with Crippen molar-refractivity contribution in [1.29, 1.82) is 0 Å². The molecule has 0 heterocycles. The van der Waals surface area contributed by atoms with Crippen LogP contribution in [0, 0.1) is 0 Å². The van der Waals surface area contributed by atoms with Gasteiger partial charge in [0.2, 0.25) is 0 Å². The molecule has 2 aromatic carbocycles. The Balaban J connectivity index is 1.92. The summed E-state index contributed by atoms with van der Waals surface area (Å²) in [7, 11) is 0. The van der Waals surface area contributed by atoms with Gasteiger partial charge in [0.05, 0.1) is 0 Å². The zero-order valence-electron chi connectivity index (χ0n) is 13.6. The van der Waals surface area contributed by atoms with Gasteiger partial charge in [-0.1, -0.05) is 18.2 Å². The number of hydrogen-bond donors (Lipinski definition) is 1. The largest absolute Gasteiger partial charge is 0.508 e. The summed E-state index contributed by atoms with van der Waals surface area (Å²) in [6, 6.07) is 14.1. The minimum absolute atomic E-state index is 0.167. The lowest BCUT2D eigenvalue weighted by atomic mass is 9.79. The highest BCUT2D eigenvalue weighted by Crippen LogP contribution is 2.38. The van der Waals surface area contributed by atoms with E-state index in [0.29, 0.717) is 11.7 Å². The zero-order chi connectivity index (χ0) is 15.7. The second-order valence-corrected chi connectivity index (χ2v) is 7.11. The summed E-state index contributed by atoms with van der Waals surface area (Å²) in [6.45, 7) is 6.23. The number of aromatic hydroxyl groups is 1. The Morgan fingerprint density at radius 3 is 2.45 bits per heavy atom. The molecule has 0 aliphatic heterocycles. The molecule has 0 spiro atoms. The minimum Gasteiger partial charge on any atom is -0.508 e. The Kier molecular flexibility index (Phi) is 3.86. The average molecular weight is 296 g/mol. The number of phenolic OH excluding ortho intramolecular Hbond substituents is 1. The van der Waals surface area contributed by atoms with Gasteiger partial charge in [-0.2, -0.15) is 0 Å². The maximum absolute atomic E-state index is 9.48. The molecule has 1 aliphatic carbocycles. The highest BCUT2D eigenvalue weighted by atomic mass is 16.5. The van der Waals surface area contributed by atoms with Gasteiger partial charge in [0.15, 0.2) is 0 Å². The SMILES string of the molecule is CC(C)(C)Oc1ccc2c(c1)CCC[C@H]2c1ccc(O)cc1. The third-order valence-electron chi connectivity index (χ3n) is 4.15. The van der Waals surface area contributed by atoms with Crippen molar-refractivity contribution in [1.82, 2.24) is 0 Å². The summed E-state index contributed by atoms with van der Waals surface area (Å²) in [5.74, 6) is 1.71. The van der Waals surface area contributed by atoms with Crippen LogP contribution >= 0.6 is 0 Å². The molecule has 0 amide bonds. The van der Waals surface area contributed by atoms with Crippen molar-refractivity contribution < 1.29 is 9.84 Å². The fourth-order valence-electron chi connectivity index (χ4n) is 3.26. The van der Waals surface area contributed by atoms with E-state index < -0.39 is 0 Å². The molecule has 0 saturated carbocycles. The van der Waals surface area contributed by atoms with Crippen molar-refractivity contribution in [2.24, 2.45) is 0 Å². The van der Waals surface area contributed by atoms with Crippen molar-refractivity contribution in [2.45, 2.75) is 51.6 Å². The van der Waals surface area contributed by atoms with Gasteiger partial charge in [0.25, 0.3) is 0 Å². The number of rotatable bonds is 2. The van der Waals surface area contributed by atoms with Crippen molar-refractivity contribution in [3.63, 3.8) is 0 Å². The summed E-state index contributed by atoms with van der Waals surface area (Å²) in [5, 5.41) is 9.48. The first-order valence-electron chi connectivity index (χ1n) is 8.03. The molecule has 116 valence electrons. The second-order valence-electron chi connectivity index (χ2n) is 7.11. The monoisotopic (exact) mass is 296 g/mol. The van der Waals surface area contributed by atoms with E-state index in [1.807, 2.05) is 12.1 Å². The third-order valence-corrected chi connectivity index (χ3v) is 4.15. The molecule has 0 saturated heterocycles. The molecule has 0 fully saturated rings. The van der Waals surface area contributed by atoms with Crippen LogP contribution in [0.2, 0.25) is 0 Å². The van der Waals surface area contributed by atoms with Gasteiger partial charge in [0.1, 0.15) is 17.1 Å². The first kappa shape index (κ1) is 15.0. The van der Waals surface area contributed by atoms with Gasteiger partial charge in [-0.3, -0.25) is 0 Å². The smallest absolute Gasteiger partial charge is 0.120 e. The van der Waals surface area contributed by atoms with Crippen molar-refractivity contribution in [2.75, 3.05) is 0 Å². The van der Waals surface area contributed by atoms with E-state index in [9.17, 15) is 5.11 Å². The molecule has 2 heteroatoms. The lowest BCUT2D eigenvalue weighted by Gasteiger charge is -2.28. The van der Waals surface area contributed by atoms with Crippen LogP contribution in [-0.4, -0.2) is 10.7 Å². The van der Waals surface area contributed by atoms with Gasteiger partial charge in [-0.05, 0) is 81.0 Å². The maximum Gasteiger partial charge on any atom is 0.120 e. The Bertz CT molecular complexity index is 650. The van der Waals surface area contributed by atoms with E-state index in [0.717, 1.165) is 18.6 Å². The third kappa shape index (κ3) is 3.27. The predicted octanol–water partition coefficient (Wildman–Crippen LogP) is 5.04. The molecule has 22 heavy (non-hydrogen) atoms. The van der Waals surface area contributed by atoms with E-state index in [1.54, 1.807) is 12.1 Å². The van der Waals surface area contributed by atoms with E-state index >= 15 is 0 Å². The van der Waals surface area contributed by atoms with Gasteiger partial charge >= 0.3 is 0 Å². The molecular formula is C20H24O2. The van der Waals surface area contributed by atoms with E-state index in [-0.39, 0.29) is 5.60 Å². The average Bonchev–Trinajstić information content (AvgIpc) is 2.45. The molecule has 1 aliphatic rings. The summed E-state index contributed by atoms with van der Waals surface area (Å²) < 4.78 is 5.99. The van der Waals surface area contributed by atoms with Crippen LogP contribution in [0.4, 0.5) is 0 Å². The fourth-order valence-corrected chi connectivity index (χ4v) is 3.26. The number of hydrogen-bond acceptors (Lipinski definition) is 2. The van der Waals surface area contributed by atoms with Crippen molar-refractivity contribution in [3.05, 3.63) is 59.2 Å². The molecule has 0 unspecified atom stereocenters. The van der Waals surface area contributed by atoms with E-state index in [4.69, 9.17) is 4.74 Å². The highest BCUT2D eigenvalue weighted by molar-refractivity contribution is 5.44. The lowest BCUT2D eigenvalue weighted by molar-refractivity contribution is 0.130. The number of benzene rings is 2. The number of aryl methyl sites for hydroxylation is 1. The summed E-state index contributed by atoms with van der Waals surface area (Å²) in [5.41, 5.74) is 3.91. The maximum atomic E-state index is 9.48. The first-order chi connectivity index (χ1) is 10.4. The van der Waals surface area contributed by atoms with Crippen LogP contribution in [0.1, 0.15) is 56.2 Å². The Labute approximate surface area is 132 Å². The Morgan fingerprint density at radius 1 is 1.05 bits per heavy atom. The molecule has 3 rings (SSSR count). The summed E-state index contributed by atoms with van der Waals surface area (Å²) in [4.78, 5) is 0. The molecular weight excluding hydrogens is 272 g/mol. The topological polar surface area (TPSA) is 29.5 Å². The van der Waals surface area contributed by atoms with Gasteiger partial charge in [0, 0.05) is 5.92 Å². The molecule has 2 nitrogen and oxygen atoms in total. The van der Waals surface area contributed by atoms with Crippen molar-refractivity contribution >= 4 is 0 Å². The lowest BCUT2D eigenvalue weighted by Crippen LogP contribution is -2.23. The zero-order valence-corrected chi connectivity index (χ0v) is 13.6. The van der Waals surface area contributed by atoms with E-state index in [2.05, 4.69) is 39.0 Å². The molecule has 0 aromatic heterocycles. The van der Waals surface area contributed by atoms with Gasteiger partial charge < -0.3 is 9.84 Å². The molecule has 1 atom stereocenters. The standard InChI is InChI=1S/C20H24O2/c1-20(2,3)22-17-11-12-19-15(13-17)5-4-6-18(19)14-7-9-16(21)10-8-14/h7-13,18,21H,4-6H2,1-3H3/t18-/m0/s1. The number of ether oxygens (including phenoxy) is 1. The van der Waals surface area contributed by atoms with Crippen molar-refractivity contribution in [3.8, 4) is 11.5 Å². The first-order valence-corrected chi connectivity index (χ1v) is 8.03. The number of phenols is 1. The normalized spacial score (nSPS) is 17.9. The predicted molar refractivity (Wildman–Crippen MR) is 89.7 cm³/mol. The quantitative estimate of drug-likeness (QED) is 0.841. The minimum atomic E-state index is -0.167. The fraction of sp³-hybridized carbons (Fsp3) is 0.400. The molecule has 2 aromatic rings. The van der Waals surface area contributed by atoms with Gasteiger partial charge in [-0.25, -0.2) is 0 Å². The summed E-state index contributed by atoms with van der Waals surface area (Å²) in [6.07, 6.45) is 3.47. The van der Waals surface area contributed by atoms with Gasteiger partial charge in [-0.15, -0.1) is 0 Å². The molecule has 1 N–H and O–H groups in total. The van der Waals surface area contributed by atoms with Crippen LogP contribution in [0.5, 0.6) is 11.5 Å². The van der Waals surface area contributed by atoms with E-state index in [1.165, 1.54) is 23.1 Å².